The highest BCUT2D eigenvalue weighted by atomic mass is 16.5. The standard InChI is InChI=1S/C43H79N3O4/c1-35(2)23-25-40(37(5)6)33-49-42(47)21-16-12-10-14-18-28-45(30-20-31-46-32-27-44-39(46)9)29-19-15-11-13-17-22-43(48)50-34-41(38(7)8)26-24-36(3)4/h20,27,30,32,35-38,40-41H,10-19,21-26,28-29,31,33-34H2,1-9H3/b30-20+. The van der Waals surface area contributed by atoms with Gasteiger partial charge in [-0.2, -0.15) is 0 Å². The maximum Gasteiger partial charge on any atom is 0.305 e. The van der Waals surface area contributed by atoms with E-state index in [-0.39, 0.29) is 11.9 Å². The Morgan fingerprint density at radius 1 is 0.680 bits per heavy atom. The first-order valence-electron chi connectivity index (χ1n) is 20.6. The van der Waals surface area contributed by atoms with E-state index in [0.29, 0.717) is 61.6 Å². The number of unbranched alkanes of at least 4 members (excludes halogenated alkanes) is 8. The first-order valence-corrected chi connectivity index (χ1v) is 20.6. The summed E-state index contributed by atoms with van der Waals surface area (Å²) >= 11 is 0. The lowest BCUT2D eigenvalue weighted by Gasteiger charge is -2.21. The molecule has 2 atom stereocenters. The fraction of sp³-hybridized carbons (Fsp3) is 0.837. The lowest BCUT2D eigenvalue weighted by molar-refractivity contribution is -0.146. The van der Waals surface area contributed by atoms with Crippen LogP contribution in [0.5, 0.6) is 0 Å². The topological polar surface area (TPSA) is 73.7 Å². The Morgan fingerprint density at radius 2 is 1.12 bits per heavy atom. The van der Waals surface area contributed by atoms with Gasteiger partial charge < -0.3 is 18.9 Å². The van der Waals surface area contributed by atoms with Gasteiger partial charge >= 0.3 is 11.9 Å². The third-order valence-corrected chi connectivity index (χ3v) is 10.2. The van der Waals surface area contributed by atoms with E-state index in [0.717, 1.165) is 89.7 Å². The SMILES string of the molecule is Cc1nccn1C/C=C/N(CCCCCCCC(=O)OCC(CCC(C)C)C(C)C)CCCCCCCC(=O)OCC(CCC(C)C)C(C)C. The minimum atomic E-state index is -0.0307. The highest BCUT2D eigenvalue weighted by Crippen LogP contribution is 2.22. The number of aromatic nitrogens is 2. The first kappa shape index (κ1) is 45.7. The van der Waals surface area contributed by atoms with Crippen LogP contribution in [0.15, 0.2) is 24.7 Å². The van der Waals surface area contributed by atoms with E-state index in [4.69, 9.17) is 9.47 Å². The van der Waals surface area contributed by atoms with Crippen LogP contribution < -0.4 is 0 Å². The Hall–Kier alpha value is -2.31. The van der Waals surface area contributed by atoms with Crippen LogP contribution in [0.1, 0.15) is 164 Å². The molecule has 290 valence electrons. The third-order valence-electron chi connectivity index (χ3n) is 10.2. The molecule has 2 unspecified atom stereocenters. The van der Waals surface area contributed by atoms with Crippen molar-refractivity contribution in [2.24, 2.45) is 35.5 Å². The summed E-state index contributed by atoms with van der Waals surface area (Å²) in [6, 6.07) is 0. The van der Waals surface area contributed by atoms with E-state index < -0.39 is 0 Å². The molecule has 0 saturated carbocycles. The van der Waals surface area contributed by atoms with Crippen LogP contribution in [0.25, 0.3) is 0 Å². The van der Waals surface area contributed by atoms with Crippen LogP contribution in [-0.4, -0.2) is 52.7 Å². The molecule has 0 aliphatic rings. The van der Waals surface area contributed by atoms with Crippen molar-refractivity contribution in [1.82, 2.24) is 14.5 Å². The maximum absolute atomic E-state index is 12.3. The largest absolute Gasteiger partial charge is 0.465 e. The second-order valence-corrected chi connectivity index (χ2v) is 16.4. The van der Waals surface area contributed by atoms with Crippen LogP contribution in [0.3, 0.4) is 0 Å². The van der Waals surface area contributed by atoms with E-state index >= 15 is 0 Å². The average molecular weight is 702 g/mol. The van der Waals surface area contributed by atoms with Gasteiger partial charge in [-0.25, -0.2) is 4.98 Å². The van der Waals surface area contributed by atoms with Gasteiger partial charge in [0.25, 0.3) is 0 Å². The van der Waals surface area contributed by atoms with Crippen molar-refractivity contribution in [1.29, 1.82) is 0 Å². The smallest absolute Gasteiger partial charge is 0.305 e. The molecule has 1 heterocycles. The Kier molecular flexibility index (Phi) is 25.9. The van der Waals surface area contributed by atoms with Crippen LogP contribution in [-0.2, 0) is 25.6 Å². The quantitative estimate of drug-likeness (QED) is 0.0567. The van der Waals surface area contributed by atoms with Gasteiger partial charge in [0.05, 0.1) is 13.2 Å². The van der Waals surface area contributed by atoms with Gasteiger partial charge in [-0.05, 0) is 93.2 Å². The summed E-state index contributed by atoms with van der Waals surface area (Å²) in [6.45, 7) is 24.1. The second kappa shape index (κ2) is 28.3. The van der Waals surface area contributed by atoms with Crippen molar-refractivity contribution in [2.45, 2.75) is 172 Å². The van der Waals surface area contributed by atoms with Crippen molar-refractivity contribution in [3.63, 3.8) is 0 Å². The lowest BCUT2D eigenvalue weighted by Crippen LogP contribution is -2.20. The molecule has 0 N–H and O–H groups in total. The molecule has 1 rings (SSSR count). The monoisotopic (exact) mass is 702 g/mol. The van der Waals surface area contributed by atoms with Gasteiger partial charge in [0.1, 0.15) is 5.82 Å². The molecule has 0 fully saturated rings. The van der Waals surface area contributed by atoms with Gasteiger partial charge in [-0.3, -0.25) is 9.59 Å². The predicted molar refractivity (Wildman–Crippen MR) is 210 cm³/mol. The number of imidazole rings is 1. The second-order valence-electron chi connectivity index (χ2n) is 16.4. The molecule has 1 aromatic rings. The number of hydrogen-bond acceptors (Lipinski definition) is 6. The Balaban J connectivity index is 2.31. The van der Waals surface area contributed by atoms with E-state index in [2.05, 4.69) is 82.1 Å². The Morgan fingerprint density at radius 3 is 1.52 bits per heavy atom. The Labute approximate surface area is 308 Å². The zero-order valence-electron chi connectivity index (χ0n) is 34.1. The third kappa shape index (κ3) is 24.0. The van der Waals surface area contributed by atoms with Crippen molar-refractivity contribution in [2.75, 3.05) is 26.3 Å². The zero-order valence-corrected chi connectivity index (χ0v) is 34.1. The van der Waals surface area contributed by atoms with Gasteiger partial charge in [-0.15, -0.1) is 0 Å². The fourth-order valence-corrected chi connectivity index (χ4v) is 6.25. The summed E-state index contributed by atoms with van der Waals surface area (Å²) in [5, 5.41) is 0. The number of ether oxygens (including phenoxy) is 2. The fourth-order valence-electron chi connectivity index (χ4n) is 6.25. The van der Waals surface area contributed by atoms with Crippen molar-refractivity contribution in [3.05, 3.63) is 30.5 Å². The highest BCUT2D eigenvalue weighted by molar-refractivity contribution is 5.69. The number of nitrogens with zero attached hydrogens (tertiary/aromatic N) is 3. The molecule has 7 nitrogen and oxygen atoms in total. The summed E-state index contributed by atoms with van der Waals surface area (Å²) < 4.78 is 13.5. The molecule has 0 aliphatic heterocycles. The van der Waals surface area contributed by atoms with Gasteiger partial charge in [0.2, 0.25) is 0 Å². The number of rotatable bonds is 31. The summed E-state index contributed by atoms with van der Waals surface area (Å²) in [4.78, 5) is 31.5. The molecule has 0 radical (unpaired) electrons. The summed E-state index contributed by atoms with van der Waals surface area (Å²) in [5.74, 6) is 4.36. The molecule has 0 bridgehead atoms. The molecule has 0 saturated heterocycles. The molecule has 0 aliphatic carbocycles. The van der Waals surface area contributed by atoms with E-state index in [1.54, 1.807) is 0 Å². The van der Waals surface area contributed by atoms with Crippen molar-refractivity contribution < 1.29 is 19.1 Å². The number of hydrogen-bond donors (Lipinski definition) is 0. The number of carbonyl (C=O) groups is 2. The van der Waals surface area contributed by atoms with Crippen LogP contribution in [0, 0.1) is 42.4 Å². The minimum Gasteiger partial charge on any atom is -0.465 e. The number of carbonyl (C=O) groups excluding carboxylic acids is 2. The van der Waals surface area contributed by atoms with Gasteiger partial charge in [0.15, 0.2) is 0 Å². The molecule has 0 spiro atoms. The zero-order chi connectivity index (χ0) is 37.1. The normalized spacial score (nSPS) is 13.2. The minimum absolute atomic E-state index is 0.0307. The summed E-state index contributed by atoms with van der Waals surface area (Å²) in [6.07, 6.45) is 25.1. The Bertz CT molecular complexity index is 962. The molecule has 0 aromatic carbocycles. The molecule has 1 aromatic heterocycles. The van der Waals surface area contributed by atoms with Gasteiger partial charge in [0, 0.05) is 44.9 Å². The van der Waals surface area contributed by atoms with Crippen molar-refractivity contribution >= 4 is 11.9 Å². The molecule has 0 amide bonds. The molecular formula is C43H79N3O4. The maximum atomic E-state index is 12.3. The highest BCUT2D eigenvalue weighted by Gasteiger charge is 2.17. The van der Waals surface area contributed by atoms with E-state index in [9.17, 15) is 9.59 Å². The predicted octanol–water partition coefficient (Wildman–Crippen LogP) is 11.2. The van der Waals surface area contributed by atoms with Crippen LogP contribution >= 0.6 is 0 Å². The summed E-state index contributed by atoms with van der Waals surface area (Å²) in [5.41, 5.74) is 0. The molecular weight excluding hydrogens is 622 g/mol. The lowest BCUT2D eigenvalue weighted by atomic mass is 9.89. The average Bonchev–Trinajstić information content (AvgIpc) is 3.46. The number of esters is 2. The summed E-state index contributed by atoms with van der Waals surface area (Å²) in [7, 11) is 0. The van der Waals surface area contributed by atoms with Crippen LogP contribution in [0.4, 0.5) is 0 Å². The van der Waals surface area contributed by atoms with E-state index in [1.807, 2.05) is 19.3 Å². The van der Waals surface area contributed by atoms with Gasteiger partial charge in [-0.1, -0.05) is 107 Å². The van der Waals surface area contributed by atoms with E-state index in [1.165, 1.54) is 25.7 Å². The van der Waals surface area contributed by atoms with Crippen LogP contribution in [0.2, 0.25) is 0 Å². The number of allylic oxidation sites excluding steroid dienone is 1. The molecule has 50 heavy (non-hydrogen) atoms. The number of aryl methyl sites for hydroxylation is 1. The van der Waals surface area contributed by atoms with Crippen molar-refractivity contribution in [3.8, 4) is 0 Å². The first-order chi connectivity index (χ1) is 23.9. The molecule has 7 heteroatoms.